The first-order valence-electron chi connectivity index (χ1n) is 5.81. The summed E-state index contributed by atoms with van der Waals surface area (Å²) in [7, 11) is 1.96. The summed E-state index contributed by atoms with van der Waals surface area (Å²) in [6.45, 7) is 0. The van der Waals surface area contributed by atoms with Gasteiger partial charge in [-0.2, -0.15) is 0 Å². The van der Waals surface area contributed by atoms with Gasteiger partial charge < -0.3 is 15.7 Å². The van der Waals surface area contributed by atoms with E-state index < -0.39 is 5.97 Å². The number of aromatic carboxylic acids is 1. The average Bonchev–Trinajstić information content (AvgIpc) is 2.81. The molecule has 1 aromatic heterocycles. The Bertz CT molecular complexity index is 428. The van der Waals surface area contributed by atoms with Crippen LogP contribution in [0.5, 0.6) is 0 Å². The van der Waals surface area contributed by atoms with Crippen LogP contribution in [0.15, 0.2) is 12.3 Å². The van der Waals surface area contributed by atoms with Crippen LogP contribution in [0, 0.1) is 0 Å². The van der Waals surface area contributed by atoms with Gasteiger partial charge in [-0.3, -0.25) is 0 Å². The number of hydrogen-bond acceptors (Lipinski definition) is 4. The number of nitrogens with two attached hydrogens (primary N) is 1. The Balaban J connectivity index is 2.26. The molecule has 1 saturated carbocycles. The van der Waals surface area contributed by atoms with Gasteiger partial charge in [-0.05, 0) is 18.9 Å². The number of nitrogens with zero attached hydrogens (tertiary/aromatic N) is 2. The summed E-state index contributed by atoms with van der Waals surface area (Å²) in [5.41, 5.74) is 5.92. The lowest BCUT2D eigenvalue weighted by molar-refractivity contribution is 0.0698. The van der Waals surface area contributed by atoms with Crippen LogP contribution in [0.25, 0.3) is 0 Å². The molecule has 2 rings (SSSR count). The molecule has 1 aliphatic carbocycles. The van der Waals surface area contributed by atoms with Crippen LogP contribution in [0.4, 0.5) is 11.5 Å². The van der Waals surface area contributed by atoms with E-state index in [2.05, 4.69) is 9.88 Å². The van der Waals surface area contributed by atoms with Gasteiger partial charge >= 0.3 is 5.97 Å². The van der Waals surface area contributed by atoms with Gasteiger partial charge in [0, 0.05) is 13.1 Å². The van der Waals surface area contributed by atoms with Crippen LogP contribution in [-0.2, 0) is 0 Å². The fourth-order valence-corrected chi connectivity index (χ4v) is 2.31. The molecule has 5 nitrogen and oxygen atoms in total. The highest BCUT2D eigenvalue weighted by Gasteiger charge is 2.21. The Morgan fingerprint density at radius 3 is 2.76 bits per heavy atom. The summed E-state index contributed by atoms with van der Waals surface area (Å²) in [6.07, 6.45) is 6.17. The SMILES string of the molecule is CN(c1cc(C(=O)O)c(N)cn1)C1CCCC1. The predicted molar refractivity (Wildman–Crippen MR) is 66.3 cm³/mol. The molecule has 0 amide bonds. The molecule has 0 atom stereocenters. The van der Waals surface area contributed by atoms with Gasteiger partial charge in [-0.25, -0.2) is 9.78 Å². The second-order valence-electron chi connectivity index (χ2n) is 4.48. The Hall–Kier alpha value is -1.78. The highest BCUT2D eigenvalue weighted by molar-refractivity contribution is 5.94. The summed E-state index contributed by atoms with van der Waals surface area (Å²) in [4.78, 5) is 17.2. The van der Waals surface area contributed by atoms with Crippen molar-refractivity contribution in [2.45, 2.75) is 31.7 Å². The quantitative estimate of drug-likeness (QED) is 0.834. The summed E-state index contributed by atoms with van der Waals surface area (Å²) >= 11 is 0. The highest BCUT2D eigenvalue weighted by Crippen LogP contribution is 2.27. The standard InChI is InChI=1S/C12H17N3O2/c1-15(8-4-2-3-5-8)11-6-9(12(16)17)10(13)7-14-11/h6-8H,2-5,13H2,1H3,(H,16,17). The molecule has 0 saturated heterocycles. The van der Waals surface area contributed by atoms with Gasteiger partial charge in [-0.15, -0.1) is 0 Å². The van der Waals surface area contributed by atoms with Gasteiger partial charge in [0.1, 0.15) is 5.82 Å². The molecule has 1 heterocycles. The number of hydrogen-bond donors (Lipinski definition) is 2. The van der Waals surface area contributed by atoms with E-state index in [4.69, 9.17) is 10.8 Å². The van der Waals surface area contributed by atoms with Crippen molar-refractivity contribution in [3.05, 3.63) is 17.8 Å². The van der Waals surface area contributed by atoms with Gasteiger partial charge in [-0.1, -0.05) is 12.8 Å². The first-order valence-corrected chi connectivity index (χ1v) is 5.81. The minimum atomic E-state index is -1.01. The second-order valence-corrected chi connectivity index (χ2v) is 4.48. The first kappa shape index (κ1) is 11.7. The van der Waals surface area contributed by atoms with E-state index >= 15 is 0 Å². The molecule has 0 unspecified atom stereocenters. The lowest BCUT2D eigenvalue weighted by atomic mass is 10.2. The molecule has 1 fully saturated rings. The lowest BCUT2D eigenvalue weighted by Crippen LogP contribution is -2.29. The zero-order valence-electron chi connectivity index (χ0n) is 9.89. The topological polar surface area (TPSA) is 79.5 Å². The maximum absolute atomic E-state index is 11.0. The van der Waals surface area contributed by atoms with Crippen molar-refractivity contribution >= 4 is 17.5 Å². The van der Waals surface area contributed by atoms with Crippen molar-refractivity contribution < 1.29 is 9.90 Å². The Morgan fingerprint density at radius 2 is 2.18 bits per heavy atom. The van der Waals surface area contributed by atoms with Gasteiger partial charge in [0.2, 0.25) is 0 Å². The summed E-state index contributed by atoms with van der Waals surface area (Å²) < 4.78 is 0. The molecule has 0 aromatic carbocycles. The van der Waals surface area contributed by atoms with Crippen molar-refractivity contribution in [1.29, 1.82) is 0 Å². The normalized spacial score (nSPS) is 16.1. The van der Waals surface area contributed by atoms with Crippen LogP contribution in [0.2, 0.25) is 0 Å². The van der Waals surface area contributed by atoms with Crippen molar-refractivity contribution in [3.8, 4) is 0 Å². The minimum Gasteiger partial charge on any atom is -0.478 e. The van der Waals surface area contributed by atoms with E-state index in [0.29, 0.717) is 11.9 Å². The third-order valence-electron chi connectivity index (χ3n) is 3.38. The molecule has 0 aliphatic heterocycles. The molecule has 92 valence electrons. The number of carboxylic acids is 1. The smallest absolute Gasteiger partial charge is 0.337 e. The summed E-state index contributed by atoms with van der Waals surface area (Å²) in [6, 6.07) is 2.02. The summed E-state index contributed by atoms with van der Waals surface area (Å²) in [5.74, 6) is -0.325. The number of carboxylic acid groups (broad SMARTS) is 1. The zero-order valence-corrected chi connectivity index (χ0v) is 9.89. The molecule has 5 heteroatoms. The van der Waals surface area contributed by atoms with Crippen molar-refractivity contribution in [3.63, 3.8) is 0 Å². The molecule has 0 spiro atoms. The third kappa shape index (κ3) is 2.33. The van der Waals surface area contributed by atoms with E-state index in [-0.39, 0.29) is 11.3 Å². The van der Waals surface area contributed by atoms with Crippen molar-refractivity contribution in [1.82, 2.24) is 4.98 Å². The fraction of sp³-hybridized carbons (Fsp3) is 0.500. The van der Waals surface area contributed by atoms with E-state index in [1.807, 2.05) is 7.05 Å². The van der Waals surface area contributed by atoms with Crippen molar-refractivity contribution in [2.24, 2.45) is 0 Å². The summed E-state index contributed by atoms with van der Waals surface area (Å²) in [5, 5.41) is 9.01. The molecule has 17 heavy (non-hydrogen) atoms. The maximum atomic E-state index is 11.0. The van der Waals surface area contributed by atoms with Gasteiger partial charge in [0.05, 0.1) is 17.4 Å². The van der Waals surface area contributed by atoms with Gasteiger partial charge in [0.15, 0.2) is 0 Å². The number of rotatable bonds is 3. The Morgan fingerprint density at radius 1 is 1.53 bits per heavy atom. The second kappa shape index (κ2) is 4.61. The fourth-order valence-electron chi connectivity index (χ4n) is 2.31. The molecule has 1 aliphatic rings. The monoisotopic (exact) mass is 235 g/mol. The van der Waals surface area contributed by atoms with E-state index in [0.717, 1.165) is 12.8 Å². The molecule has 1 aromatic rings. The van der Waals surface area contributed by atoms with E-state index in [1.165, 1.54) is 19.0 Å². The van der Waals surface area contributed by atoms with Crippen LogP contribution < -0.4 is 10.6 Å². The third-order valence-corrected chi connectivity index (χ3v) is 3.38. The number of anilines is 2. The minimum absolute atomic E-state index is 0.125. The number of aromatic nitrogens is 1. The predicted octanol–water partition coefficient (Wildman–Crippen LogP) is 1.74. The number of carbonyl (C=O) groups is 1. The van der Waals surface area contributed by atoms with Crippen LogP contribution >= 0.6 is 0 Å². The van der Waals surface area contributed by atoms with E-state index in [9.17, 15) is 4.79 Å². The van der Waals surface area contributed by atoms with E-state index in [1.54, 1.807) is 6.07 Å². The maximum Gasteiger partial charge on any atom is 0.337 e. The molecule has 0 bridgehead atoms. The molecule has 0 radical (unpaired) electrons. The Labute approximate surface area is 100 Å². The van der Waals surface area contributed by atoms with Crippen LogP contribution in [0.3, 0.4) is 0 Å². The Kier molecular flexibility index (Phi) is 3.17. The lowest BCUT2D eigenvalue weighted by Gasteiger charge is -2.25. The highest BCUT2D eigenvalue weighted by atomic mass is 16.4. The number of nitrogen functional groups attached to an aromatic ring is 1. The first-order chi connectivity index (χ1) is 8.09. The number of pyridine rings is 1. The van der Waals surface area contributed by atoms with Crippen LogP contribution in [0.1, 0.15) is 36.0 Å². The zero-order chi connectivity index (χ0) is 12.4. The van der Waals surface area contributed by atoms with Crippen LogP contribution in [-0.4, -0.2) is 29.1 Å². The molecular formula is C12H17N3O2. The average molecular weight is 235 g/mol. The largest absolute Gasteiger partial charge is 0.478 e. The van der Waals surface area contributed by atoms with Gasteiger partial charge in [0.25, 0.3) is 0 Å². The van der Waals surface area contributed by atoms with Crippen molar-refractivity contribution in [2.75, 3.05) is 17.7 Å². The molecule has 3 N–H and O–H groups in total. The molecular weight excluding hydrogens is 218 g/mol.